The fourth-order valence-electron chi connectivity index (χ4n) is 2.99. The Morgan fingerprint density at radius 3 is 2.55 bits per heavy atom. The number of carbonyl (C=O) groups is 1. The average molecular weight is 410 g/mol. The van der Waals surface area contributed by atoms with Crippen molar-refractivity contribution in [1.29, 1.82) is 0 Å². The highest BCUT2D eigenvalue weighted by atomic mass is 32.1. The molecule has 0 saturated heterocycles. The molecule has 2 aromatic carbocycles. The number of thiazole rings is 1. The molecule has 0 aliphatic carbocycles. The van der Waals surface area contributed by atoms with E-state index in [-0.39, 0.29) is 18.4 Å². The summed E-state index contributed by atoms with van der Waals surface area (Å²) < 4.78 is 5.76. The molecule has 3 aromatic rings. The predicted molar refractivity (Wildman–Crippen MR) is 117 cm³/mol. The van der Waals surface area contributed by atoms with E-state index in [0.717, 1.165) is 16.5 Å². The van der Waals surface area contributed by atoms with Crippen LogP contribution in [0.4, 0.5) is 0 Å². The van der Waals surface area contributed by atoms with Gasteiger partial charge in [0.1, 0.15) is 17.4 Å². The first-order valence-corrected chi connectivity index (χ1v) is 10.5. The Balaban J connectivity index is 1.48. The van der Waals surface area contributed by atoms with E-state index in [2.05, 4.69) is 27.3 Å². The first-order valence-electron chi connectivity index (χ1n) is 9.62. The summed E-state index contributed by atoms with van der Waals surface area (Å²) in [6.45, 7) is 3.01. The molecule has 0 fully saturated rings. The van der Waals surface area contributed by atoms with E-state index in [1.54, 1.807) is 0 Å². The number of nitrogens with zero attached hydrogens (tertiary/aromatic N) is 2. The third-order valence-corrected chi connectivity index (χ3v) is 5.50. The molecule has 152 valence electrons. The van der Waals surface area contributed by atoms with Crippen molar-refractivity contribution in [2.75, 3.05) is 20.6 Å². The van der Waals surface area contributed by atoms with E-state index < -0.39 is 0 Å². The van der Waals surface area contributed by atoms with Crippen LogP contribution in [0.2, 0.25) is 0 Å². The number of nitrogens with one attached hydrogen (secondary N) is 1. The van der Waals surface area contributed by atoms with Crippen LogP contribution < -0.4 is 10.1 Å². The van der Waals surface area contributed by atoms with Gasteiger partial charge >= 0.3 is 0 Å². The van der Waals surface area contributed by atoms with Crippen LogP contribution in [0.5, 0.6) is 5.75 Å². The van der Waals surface area contributed by atoms with Crippen molar-refractivity contribution in [1.82, 2.24) is 15.2 Å². The molecule has 1 aromatic heterocycles. The largest absolute Gasteiger partial charge is 0.486 e. The molecule has 0 bridgehead atoms. The second-order valence-corrected chi connectivity index (χ2v) is 8.15. The van der Waals surface area contributed by atoms with E-state index in [9.17, 15) is 4.79 Å². The lowest BCUT2D eigenvalue weighted by molar-refractivity contribution is -0.120. The molecule has 0 saturated carbocycles. The number of carbonyl (C=O) groups excluding carboxylic acids is 1. The van der Waals surface area contributed by atoms with Crippen LogP contribution in [0.3, 0.4) is 0 Å². The Hall–Kier alpha value is -2.70. The van der Waals surface area contributed by atoms with Crippen LogP contribution in [-0.4, -0.2) is 36.4 Å². The Bertz CT molecular complexity index is 907. The van der Waals surface area contributed by atoms with Crippen LogP contribution >= 0.6 is 11.3 Å². The molecule has 0 aliphatic rings. The number of likely N-dealkylation sites (N-methyl/N-ethyl adjacent to an activating group) is 1. The molecule has 1 atom stereocenters. The van der Waals surface area contributed by atoms with Gasteiger partial charge in [0, 0.05) is 11.9 Å². The summed E-state index contributed by atoms with van der Waals surface area (Å²) >= 11 is 1.52. The van der Waals surface area contributed by atoms with E-state index in [0.29, 0.717) is 13.2 Å². The van der Waals surface area contributed by atoms with Crippen molar-refractivity contribution in [3.63, 3.8) is 0 Å². The first kappa shape index (κ1) is 21.0. The zero-order valence-electron chi connectivity index (χ0n) is 17.1. The Morgan fingerprint density at radius 2 is 1.86 bits per heavy atom. The lowest BCUT2D eigenvalue weighted by Crippen LogP contribution is -2.35. The SMILES string of the molecule is Cc1ccc(OCc2nc(CC(=O)NCC(c3ccccc3)N(C)C)cs2)cc1. The van der Waals surface area contributed by atoms with E-state index in [4.69, 9.17) is 4.74 Å². The highest BCUT2D eigenvalue weighted by molar-refractivity contribution is 7.09. The van der Waals surface area contributed by atoms with Crippen LogP contribution in [0.15, 0.2) is 60.0 Å². The second kappa shape index (κ2) is 10.2. The summed E-state index contributed by atoms with van der Waals surface area (Å²) in [5.41, 5.74) is 3.15. The summed E-state index contributed by atoms with van der Waals surface area (Å²) in [5.74, 6) is 0.796. The molecular formula is C23H27N3O2S. The second-order valence-electron chi connectivity index (χ2n) is 7.21. The third kappa shape index (κ3) is 6.41. The van der Waals surface area contributed by atoms with E-state index >= 15 is 0 Å². The Kier molecular flexibility index (Phi) is 7.38. The third-order valence-electron chi connectivity index (χ3n) is 4.62. The van der Waals surface area contributed by atoms with Gasteiger partial charge in [-0.1, -0.05) is 48.0 Å². The van der Waals surface area contributed by atoms with Crippen molar-refractivity contribution in [2.45, 2.75) is 26.0 Å². The monoisotopic (exact) mass is 409 g/mol. The van der Waals surface area contributed by atoms with Crippen LogP contribution in [0, 0.1) is 6.92 Å². The molecule has 1 amide bonds. The molecule has 0 radical (unpaired) electrons. The molecule has 1 N–H and O–H groups in total. The topological polar surface area (TPSA) is 54.5 Å². The zero-order valence-corrected chi connectivity index (χ0v) is 17.9. The fraction of sp³-hybridized carbons (Fsp3) is 0.304. The highest BCUT2D eigenvalue weighted by Crippen LogP contribution is 2.18. The summed E-state index contributed by atoms with van der Waals surface area (Å²) in [7, 11) is 4.04. The van der Waals surface area contributed by atoms with Crippen LogP contribution in [0.1, 0.15) is 27.9 Å². The van der Waals surface area contributed by atoms with Gasteiger partial charge in [0.15, 0.2) is 0 Å². The standard InChI is InChI=1S/C23H27N3O2S/c1-17-9-11-20(12-10-17)28-15-23-25-19(16-29-23)13-22(27)24-14-21(26(2)3)18-7-5-4-6-8-18/h4-12,16,21H,13-15H2,1-3H3,(H,24,27). The maximum atomic E-state index is 12.4. The predicted octanol–water partition coefficient (Wildman–Crippen LogP) is 3.99. The minimum atomic E-state index is -0.0240. The normalized spacial score (nSPS) is 12.0. The number of aryl methyl sites for hydroxylation is 1. The van der Waals surface area contributed by atoms with Crippen molar-refractivity contribution >= 4 is 17.2 Å². The molecule has 0 spiro atoms. The average Bonchev–Trinajstić information content (AvgIpc) is 3.15. The van der Waals surface area contributed by atoms with Gasteiger partial charge < -0.3 is 15.0 Å². The van der Waals surface area contributed by atoms with Crippen molar-refractivity contribution in [3.05, 3.63) is 81.8 Å². The number of rotatable bonds is 9. The molecule has 0 aliphatic heterocycles. The van der Waals surface area contributed by atoms with Gasteiger partial charge in [-0.3, -0.25) is 4.79 Å². The summed E-state index contributed by atoms with van der Waals surface area (Å²) in [6, 6.07) is 18.3. The number of ether oxygens (including phenoxy) is 1. The molecule has 1 heterocycles. The fourth-order valence-corrected chi connectivity index (χ4v) is 3.69. The van der Waals surface area contributed by atoms with Crippen LogP contribution in [0.25, 0.3) is 0 Å². The number of hydrogen-bond donors (Lipinski definition) is 1. The number of amides is 1. The number of benzene rings is 2. The molecule has 6 heteroatoms. The first-order chi connectivity index (χ1) is 14.0. The number of hydrogen-bond acceptors (Lipinski definition) is 5. The number of aromatic nitrogens is 1. The summed E-state index contributed by atoms with van der Waals surface area (Å²) in [6.07, 6.45) is 0.274. The summed E-state index contributed by atoms with van der Waals surface area (Å²) in [5, 5.41) is 5.83. The van der Waals surface area contributed by atoms with Crippen LogP contribution in [-0.2, 0) is 17.8 Å². The quantitative estimate of drug-likeness (QED) is 0.581. The molecular weight excluding hydrogens is 382 g/mol. The minimum absolute atomic E-state index is 0.0240. The lowest BCUT2D eigenvalue weighted by Gasteiger charge is -2.25. The minimum Gasteiger partial charge on any atom is -0.486 e. The zero-order chi connectivity index (χ0) is 20.6. The van der Waals surface area contributed by atoms with E-state index in [1.165, 1.54) is 22.5 Å². The van der Waals surface area contributed by atoms with Crippen molar-refractivity contribution in [3.8, 4) is 5.75 Å². The van der Waals surface area contributed by atoms with Gasteiger partial charge in [-0.2, -0.15) is 0 Å². The molecule has 3 rings (SSSR count). The smallest absolute Gasteiger partial charge is 0.226 e. The molecule has 29 heavy (non-hydrogen) atoms. The highest BCUT2D eigenvalue weighted by Gasteiger charge is 2.15. The van der Waals surface area contributed by atoms with Crippen molar-refractivity contribution < 1.29 is 9.53 Å². The summed E-state index contributed by atoms with van der Waals surface area (Å²) in [4.78, 5) is 19.0. The Morgan fingerprint density at radius 1 is 1.14 bits per heavy atom. The van der Waals surface area contributed by atoms with E-state index in [1.807, 2.05) is 68.9 Å². The van der Waals surface area contributed by atoms with Gasteiger partial charge in [-0.05, 0) is 38.7 Å². The maximum Gasteiger partial charge on any atom is 0.226 e. The van der Waals surface area contributed by atoms with Gasteiger partial charge in [-0.15, -0.1) is 11.3 Å². The van der Waals surface area contributed by atoms with Gasteiger partial charge in [0.25, 0.3) is 0 Å². The van der Waals surface area contributed by atoms with Gasteiger partial charge in [0.05, 0.1) is 18.2 Å². The van der Waals surface area contributed by atoms with Gasteiger partial charge in [0.2, 0.25) is 5.91 Å². The Labute approximate surface area is 176 Å². The molecule has 5 nitrogen and oxygen atoms in total. The lowest BCUT2D eigenvalue weighted by atomic mass is 10.1. The van der Waals surface area contributed by atoms with Crippen molar-refractivity contribution in [2.24, 2.45) is 0 Å². The maximum absolute atomic E-state index is 12.4. The van der Waals surface area contributed by atoms with Gasteiger partial charge in [-0.25, -0.2) is 4.98 Å². The molecule has 1 unspecified atom stereocenters.